The van der Waals surface area contributed by atoms with E-state index in [0.29, 0.717) is 5.56 Å². The van der Waals surface area contributed by atoms with E-state index in [1.165, 1.54) is 17.2 Å². The minimum absolute atomic E-state index is 0.120. The summed E-state index contributed by atoms with van der Waals surface area (Å²) >= 11 is 0. The van der Waals surface area contributed by atoms with Crippen molar-refractivity contribution in [3.8, 4) is 5.75 Å². The highest BCUT2D eigenvalue weighted by Crippen LogP contribution is 2.44. The maximum atomic E-state index is 14.1. The number of benzene rings is 2. The average Bonchev–Trinajstić information content (AvgIpc) is 2.98. The Balaban J connectivity index is 1.41. The first-order valence-electron chi connectivity index (χ1n) is 9.43. The largest absolute Gasteiger partial charge is 0.489 e. The van der Waals surface area contributed by atoms with Gasteiger partial charge in [-0.15, -0.1) is 0 Å². The molecule has 2 aromatic rings. The van der Waals surface area contributed by atoms with E-state index >= 15 is 0 Å². The van der Waals surface area contributed by atoms with Crippen LogP contribution in [0.5, 0.6) is 5.75 Å². The van der Waals surface area contributed by atoms with Gasteiger partial charge in [-0.2, -0.15) is 0 Å². The van der Waals surface area contributed by atoms with E-state index in [9.17, 15) is 9.18 Å². The first kappa shape index (κ1) is 18.0. The van der Waals surface area contributed by atoms with Gasteiger partial charge >= 0.3 is 5.97 Å². The van der Waals surface area contributed by atoms with Crippen LogP contribution < -0.4 is 4.74 Å². The number of likely N-dealkylation sites (tertiary alicyclic amines) is 1. The summed E-state index contributed by atoms with van der Waals surface area (Å²) < 4.78 is 20.0. The molecule has 4 rings (SSSR count). The van der Waals surface area contributed by atoms with Crippen molar-refractivity contribution in [1.29, 1.82) is 0 Å². The maximum absolute atomic E-state index is 14.1. The van der Waals surface area contributed by atoms with Crippen LogP contribution in [-0.2, 0) is 30.7 Å². The molecule has 0 aromatic heterocycles. The van der Waals surface area contributed by atoms with E-state index in [1.54, 1.807) is 6.07 Å². The summed E-state index contributed by atoms with van der Waals surface area (Å²) in [4.78, 5) is 12.8. The molecule has 0 bridgehead atoms. The number of ether oxygens (including phenoxy) is 1. The van der Waals surface area contributed by atoms with E-state index < -0.39 is 5.97 Å². The number of rotatable bonds is 6. The Kier molecular flexibility index (Phi) is 4.64. The number of carboxylic acids is 1. The van der Waals surface area contributed by atoms with Gasteiger partial charge in [0, 0.05) is 24.1 Å². The van der Waals surface area contributed by atoms with Crippen LogP contribution in [0.25, 0.3) is 0 Å². The van der Waals surface area contributed by atoms with E-state index in [-0.39, 0.29) is 24.4 Å². The normalized spacial score (nSPS) is 17.6. The molecular weight excluding hydrogens is 345 g/mol. The predicted molar refractivity (Wildman–Crippen MR) is 100 cm³/mol. The summed E-state index contributed by atoms with van der Waals surface area (Å²) in [5.74, 6) is -0.226. The Labute approximate surface area is 158 Å². The van der Waals surface area contributed by atoms with Crippen LogP contribution >= 0.6 is 0 Å². The van der Waals surface area contributed by atoms with Gasteiger partial charge in [0.2, 0.25) is 0 Å². The van der Waals surface area contributed by atoms with Crippen molar-refractivity contribution in [2.75, 3.05) is 19.6 Å². The van der Waals surface area contributed by atoms with Gasteiger partial charge < -0.3 is 9.84 Å². The van der Waals surface area contributed by atoms with Crippen LogP contribution in [0, 0.1) is 11.2 Å². The van der Waals surface area contributed by atoms with Gasteiger partial charge in [-0.25, -0.2) is 4.39 Å². The molecule has 4 nitrogen and oxygen atoms in total. The summed E-state index contributed by atoms with van der Waals surface area (Å²) in [6.45, 7) is 4.03. The minimum atomic E-state index is -0.768. The molecule has 1 N–H and O–H groups in total. The Morgan fingerprint density at radius 3 is 2.74 bits per heavy atom. The number of hydrogen-bond acceptors (Lipinski definition) is 3. The van der Waals surface area contributed by atoms with Crippen molar-refractivity contribution < 1.29 is 19.0 Å². The number of aryl methyl sites for hydroxylation is 1. The van der Waals surface area contributed by atoms with Gasteiger partial charge in [-0.3, -0.25) is 9.69 Å². The summed E-state index contributed by atoms with van der Waals surface area (Å²) in [5.41, 5.74) is 4.37. The third kappa shape index (κ3) is 3.56. The molecule has 1 saturated heterocycles. The summed E-state index contributed by atoms with van der Waals surface area (Å²) in [6, 6.07) is 11.3. The topological polar surface area (TPSA) is 49.8 Å². The van der Waals surface area contributed by atoms with Crippen LogP contribution in [0.1, 0.15) is 29.2 Å². The van der Waals surface area contributed by atoms with Gasteiger partial charge in [0.05, 0.1) is 6.54 Å². The third-order valence-electron chi connectivity index (χ3n) is 5.77. The number of hydrogen-bond donors (Lipinski definition) is 1. The van der Waals surface area contributed by atoms with E-state index in [1.807, 2.05) is 24.0 Å². The van der Waals surface area contributed by atoms with Crippen molar-refractivity contribution in [3.05, 3.63) is 64.5 Å². The van der Waals surface area contributed by atoms with Crippen LogP contribution in [0.3, 0.4) is 0 Å². The van der Waals surface area contributed by atoms with Crippen molar-refractivity contribution in [1.82, 2.24) is 4.90 Å². The molecular formula is C22H24FNO3. The van der Waals surface area contributed by atoms with Crippen molar-refractivity contribution >= 4 is 5.97 Å². The number of aliphatic carboxylic acids is 1. The molecule has 0 unspecified atom stereocenters. The molecule has 1 heterocycles. The molecule has 2 aromatic carbocycles. The zero-order valence-electron chi connectivity index (χ0n) is 15.5. The fourth-order valence-corrected chi connectivity index (χ4v) is 4.58. The lowest BCUT2D eigenvalue weighted by molar-refractivity contribution is -0.141. The van der Waals surface area contributed by atoms with Crippen molar-refractivity contribution in [2.45, 2.75) is 32.8 Å². The zero-order valence-corrected chi connectivity index (χ0v) is 15.5. The van der Waals surface area contributed by atoms with Crippen molar-refractivity contribution in [2.24, 2.45) is 5.41 Å². The van der Waals surface area contributed by atoms with Gasteiger partial charge in [-0.05, 0) is 54.2 Å². The molecule has 142 valence electrons. The van der Waals surface area contributed by atoms with Gasteiger partial charge in [0.15, 0.2) is 0 Å². The summed E-state index contributed by atoms with van der Waals surface area (Å²) in [7, 11) is 0. The zero-order chi connectivity index (χ0) is 19.0. The van der Waals surface area contributed by atoms with E-state index in [0.717, 1.165) is 43.7 Å². The third-order valence-corrected chi connectivity index (χ3v) is 5.77. The molecule has 2 aliphatic rings. The Morgan fingerprint density at radius 1 is 1.22 bits per heavy atom. The lowest BCUT2D eigenvalue weighted by Crippen LogP contribution is -2.58. The molecule has 0 radical (unpaired) electrons. The molecule has 0 saturated carbocycles. The second-order valence-electron chi connectivity index (χ2n) is 7.84. The maximum Gasteiger partial charge on any atom is 0.317 e. The molecule has 1 aliphatic heterocycles. The van der Waals surface area contributed by atoms with Crippen molar-refractivity contribution in [3.63, 3.8) is 0 Å². The van der Waals surface area contributed by atoms with Gasteiger partial charge in [-0.1, -0.05) is 25.1 Å². The van der Waals surface area contributed by atoms with E-state index in [2.05, 4.69) is 12.1 Å². The molecule has 1 spiro atoms. The number of carboxylic acid groups (broad SMARTS) is 1. The number of carbonyl (C=O) groups is 1. The lowest BCUT2D eigenvalue weighted by atomic mass is 9.77. The Morgan fingerprint density at radius 2 is 2.00 bits per heavy atom. The quantitative estimate of drug-likeness (QED) is 0.847. The number of halogens is 1. The van der Waals surface area contributed by atoms with Gasteiger partial charge in [0.25, 0.3) is 0 Å². The van der Waals surface area contributed by atoms with Crippen LogP contribution in [-0.4, -0.2) is 35.6 Å². The monoisotopic (exact) mass is 369 g/mol. The second-order valence-corrected chi connectivity index (χ2v) is 7.84. The second kappa shape index (κ2) is 6.97. The highest BCUT2D eigenvalue weighted by atomic mass is 19.1. The Hall–Kier alpha value is -2.40. The Bertz CT molecular complexity index is 874. The molecule has 0 atom stereocenters. The predicted octanol–water partition coefficient (Wildman–Crippen LogP) is 3.45. The van der Waals surface area contributed by atoms with Crippen LogP contribution in [0.15, 0.2) is 36.4 Å². The molecule has 0 amide bonds. The highest BCUT2D eigenvalue weighted by Gasteiger charge is 2.47. The first-order valence-corrected chi connectivity index (χ1v) is 9.43. The highest BCUT2D eigenvalue weighted by molar-refractivity contribution is 5.69. The van der Waals surface area contributed by atoms with Crippen LogP contribution in [0.4, 0.5) is 4.39 Å². The fraction of sp³-hybridized carbons (Fsp3) is 0.409. The average molecular weight is 369 g/mol. The molecule has 27 heavy (non-hydrogen) atoms. The van der Waals surface area contributed by atoms with Gasteiger partial charge in [0.1, 0.15) is 18.2 Å². The first-order chi connectivity index (χ1) is 13.0. The number of fused-ring (bicyclic) bond motifs is 1. The fourth-order valence-electron chi connectivity index (χ4n) is 4.58. The minimum Gasteiger partial charge on any atom is -0.489 e. The standard InChI is InChI=1S/C22H24FNO3/c1-2-15-4-3-5-20(23)19(15)12-27-18-7-6-16-9-22(10-17(16)8-18)13-24(14-22)11-21(25)26/h3-8H,2,9-14H2,1H3,(H,25,26). The summed E-state index contributed by atoms with van der Waals surface area (Å²) in [6.07, 6.45) is 2.72. The molecule has 5 heteroatoms. The molecule has 1 fully saturated rings. The summed E-state index contributed by atoms with van der Waals surface area (Å²) in [5, 5.41) is 8.92. The smallest absolute Gasteiger partial charge is 0.317 e. The number of nitrogens with zero attached hydrogens (tertiary/aromatic N) is 1. The lowest BCUT2D eigenvalue weighted by Gasteiger charge is -2.47. The van der Waals surface area contributed by atoms with E-state index in [4.69, 9.17) is 9.84 Å². The molecule has 1 aliphatic carbocycles. The van der Waals surface area contributed by atoms with Crippen LogP contribution in [0.2, 0.25) is 0 Å². The SMILES string of the molecule is CCc1cccc(F)c1COc1ccc2c(c1)CC1(C2)CN(CC(=O)O)C1.